The Morgan fingerprint density at radius 1 is 1.19 bits per heavy atom. The van der Waals surface area contributed by atoms with Crippen molar-refractivity contribution in [3.63, 3.8) is 0 Å². The molecule has 1 aromatic carbocycles. The molecule has 2 heteroatoms. The monoisotopic (exact) mass is 214 g/mol. The fourth-order valence-electron chi connectivity index (χ4n) is 2.02. The molecule has 0 unspecified atom stereocenters. The van der Waals surface area contributed by atoms with Crippen molar-refractivity contribution in [2.45, 2.75) is 26.7 Å². The summed E-state index contributed by atoms with van der Waals surface area (Å²) < 4.78 is 1.97. The van der Waals surface area contributed by atoms with Crippen molar-refractivity contribution < 1.29 is 0 Å². The lowest BCUT2D eigenvalue weighted by Gasteiger charge is -2.06. The van der Waals surface area contributed by atoms with Crippen LogP contribution in [-0.4, -0.2) is 9.78 Å². The average molecular weight is 214 g/mol. The molecule has 1 aromatic heterocycles. The number of rotatable bonds is 3. The first-order valence-corrected chi connectivity index (χ1v) is 5.80. The molecule has 16 heavy (non-hydrogen) atoms. The first kappa shape index (κ1) is 10.9. The molecule has 0 aliphatic heterocycles. The molecular formula is C14H18N2. The van der Waals surface area contributed by atoms with E-state index in [1.165, 1.54) is 22.4 Å². The van der Waals surface area contributed by atoms with E-state index in [9.17, 15) is 0 Å². The zero-order valence-electron chi connectivity index (χ0n) is 10.2. The van der Waals surface area contributed by atoms with E-state index in [0.29, 0.717) is 0 Å². The van der Waals surface area contributed by atoms with Crippen molar-refractivity contribution in [2.75, 3.05) is 0 Å². The Morgan fingerprint density at radius 3 is 2.50 bits per heavy atom. The van der Waals surface area contributed by atoms with Crippen molar-refractivity contribution >= 4 is 0 Å². The number of benzene rings is 1. The molecule has 0 fully saturated rings. The van der Waals surface area contributed by atoms with Gasteiger partial charge in [-0.25, -0.2) is 0 Å². The Hall–Kier alpha value is -1.57. The minimum absolute atomic E-state index is 1.09. The molecule has 1 heterocycles. The van der Waals surface area contributed by atoms with Gasteiger partial charge in [0, 0.05) is 12.6 Å². The predicted octanol–water partition coefficient (Wildman–Crippen LogP) is 3.35. The van der Waals surface area contributed by atoms with Gasteiger partial charge in [-0.2, -0.15) is 5.10 Å². The second-order valence-electron chi connectivity index (χ2n) is 4.26. The topological polar surface area (TPSA) is 17.8 Å². The van der Waals surface area contributed by atoms with Gasteiger partial charge in [0.05, 0.1) is 11.9 Å². The van der Waals surface area contributed by atoms with Crippen LogP contribution in [0.2, 0.25) is 0 Å². The molecule has 0 aliphatic rings. The van der Waals surface area contributed by atoms with Crippen LogP contribution in [0, 0.1) is 6.92 Å². The summed E-state index contributed by atoms with van der Waals surface area (Å²) >= 11 is 0. The van der Waals surface area contributed by atoms with Crippen LogP contribution in [0.5, 0.6) is 0 Å². The molecule has 0 amide bonds. The number of aryl methyl sites for hydroxylation is 3. The summed E-state index contributed by atoms with van der Waals surface area (Å²) in [5, 5.41) is 4.35. The molecule has 84 valence electrons. The molecule has 0 aliphatic carbocycles. The lowest BCUT2D eigenvalue weighted by molar-refractivity contribution is 0.775. The first-order chi connectivity index (χ1) is 7.72. The molecule has 0 radical (unpaired) electrons. The van der Waals surface area contributed by atoms with Crippen molar-refractivity contribution in [1.82, 2.24) is 9.78 Å². The standard InChI is InChI=1S/C14H18N2/c1-4-5-13-10-15-16(3)14(13)12-8-6-11(2)7-9-12/h6-10H,4-5H2,1-3H3. The zero-order valence-corrected chi connectivity index (χ0v) is 10.2. The van der Waals surface area contributed by atoms with E-state index in [0.717, 1.165) is 12.8 Å². The van der Waals surface area contributed by atoms with Crippen molar-refractivity contribution in [2.24, 2.45) is 7.05 Å². The summed E-state index contributed by atoms with van der Waals surface area (Å²) in [7, 11) is 2.01. The Morgan fingerprint density at radius 2 is 1.88 bits per heavy atom. The van der Waals surface area contributed by atoms with Gasteiger partial charge in [-0.15, -0.1) is 0 Å². The molecule has 2 rings (SSSR count). The van der Waals surface area contributed by atoms with Gasteiger partial charge in [-0.1, -0.05) is 43.2 Å². The minimum atomic E-state index is 1.09. The lowest BCUT2D eigenvalue weighted by atomic mass is 10.0. The minimum Gasteiger partial charge on any atom is -0.268 e. The summed E-state index contributed by atoms with van der Waals surface area (Å²) in [6.07, 6.45) is 4.24. The molecule has 0 N–H and O–H groups in total. The number of hydrogen-bond acceptors (Lipinski definition) is 1. The third kappa shape index (κ3) is 2.01. The third-order valence-electron chi connectivity index (χ3n) is 2.86. The van der Waals surface area contributed by atoms with E-state index in [2.05, 4.69) is 43.2 Å². The fourth-order valence-corrected chi connectivity index (χ4v) is 2.02. The second-order valence-corrected chi connectivity index (χ2v) is 4.26. The Kier molecular flexibility index (Phi) is 3.09. The Labute approximate surface area is 96.9 Å². The van der Waals surface area contributed by atoms with Crippen LogP contribution < -0.4 is 0 Å². The molecular weight excluding hydrogens is 196 g/mol. The van der Waals surface area contributed by atoms with E-state index >= 15 is 0 Å². The van der Waals surface area contributed by atoms with Gasteiger partial charge >= 0.3 is 0 Å². The summed E-state index contributed by atoms with van der Waals surface area (Å²) in [5.41, 5.74) is 5.15. The maximum atomic E-state index is 4.35. The van der Waals surface area contributed by atoms with Crippen LogP contribution >= 0.6 is 0 Å². The number of aromatic nitrogens is 2. The summed E-state index contributed by atoms with van der Waals surface area (Å²) in [6.45, 7) is 4.31. The van der Waals surface area contributed by atoms with Crippen molar-refractivity contribution in [1.29, 1.82) is 0 Å². The predicted molar refractivity (Wildman–Crippen MR) is 67.4 cm³/mol. The highest BCUT2D eigenvalue weighted by Crippen LogP contribution is 2.24. The van der Waals surface area contributed by atoms with E-state index < -0.39 is 0 Å². The highest BCUT2D eigenvalue weighted by atomic mass is 15.3. The maximum Gasteiger partial charge on any atom is 0.0710 e. The normalized spacial score (nSPS) is 10.7. The molecule has 0 saturated heterocycles. The van der Waals surface area contributed by atoms with Gasteiger partial charge in [-0.3, -0.25) is 4.68 Å². The molecule has 0 saturated carbocycles. The van der Waals surface area contributed by atoms with Crippen LogP contribution in [-0.2, 0) is 13.5 Å². The van der Waals surface area contributed by atoms with Gasteiger partial charge < -0.3 is 0 Å². The summed E-state index contributed by atoms with van der Waals surface area (Å²) in [5.74, 6) is 0. The Bertz CT molecular complexity index is 466. The van der Waals surface area contributed by atoms with Gasteiger partial charge in [0.2, 0.25) is 0 Å². The molecule has 2 aromatic rings. The van der Waals surface area contributed by atoms with Crippen LogP contribution in [0.15, 0.2) is 30.5 Å². The average Bonchev–Trinajstić information content (AvgIpc) is 2.62. The Balaban J connectivity index is 2.45. The lowest BCUT2D eigenvalue weighted by Crippen LogP contribution is -1.95. The van der Waals surface area contributed by atoms with Crippen LogP contribution in [0.3, 0.4) is 0 Å². The summed E-state index contributed by atoms with van der Waals surface area (Å²) in [4.78, 5) is 0. The largest absolute Gasteiger partial charge is 0.268 e. The van der Waals surface area contributed by atoms with Gasteiger partial charge in [0.1, 0.15) is 0 Å². The van der Waals surface area contributed by atoms with Crippen LogP contribution in [0.25, 0.3) is 11.3 Å². The summed E-state index contributed by atoms with van der Waals surface area (Å²) in [6, 6.07) is 8.65. The molecule has 0 spiro atoms. The first-order valence-electron chi connectivity index (χ1n) is 5.80. The quantitative estimate of drug-likeness (QED) is 0.766. The molecule has 0 atom stereocenters. The maximum absolute atomic E-state index is 4.35. The van der Waals surface area contributed by atoms with Crippen LogP contribution in [0.1, 0.15) is 24.5 Å². The van der Waals surface area contributed by atoms with Crippen molar-refractivity contribution in [3.8, 4) is 11.3 Å². The second kappa shape index (κ2) is 4.52. The highest BCUT2D eigenvalue weighted by Gasteiger charge is 2.09. The molecule has 2 nitrogen and oxygen atoms in total. The van der Waals surface area contributed by atoms with Gasteiger partial charge in [-0.05, 0) is 18.9 Å². The van der Waals surface area contributed by atoms with E-state index in [1.54, 1.807) is 0 Å². The fraction of sp³-hybridized carbons (Fsp3) is 0.357. The number of nitrogens with zero attached hydrogens (tertiary/aromatic N) is 2. The van der Waals surface area contributed by atoms with E-state index in [4.69, 9.17) is 0 Å². The van der Waals surface area contributed by atoms with Gasteiger partial charge in [0.25, 0.3) is 0 Å². The smallest absolute Gasteiger partial charge is 0.0710 e. The van der Waals surface area contributed by atoms with Crippen molar-refractivity contribution in [3.05, 3.63) is 41.6 Å². The number of hydrogen-bond donors (Lipinski definition) is 0. The third-order valence-corrected chi connectivity index (χ3v) is 2.86. The van der Waals surface area contributed by atoms with E-state index in [1.807, 2.05) is 17.9 Å². The van der Waals surface area contributed by atoms with Crippen LogP contribution in [0.4, 0.5) is 0 Å². The highest BCUT2D eigenvalue weighted by molar-refractivity contribution is 5.63. The SMILES string of the molecule is CCCc1cnn(C)c1-c1ccc(C)cc1. The van der Waals surface area contributed by atoms with Gasteiger partial charge in [0.15, 0.2) is 0 Å². The zero-order chi connectivity index (χ0) is 11.5. The van der Waals surface area contributed by atoms with E-state index in [-0.39, 0.29) is 0 Å². The molecule has 0 bridgehead atoms.